The van der Waals surface area contributed by atoms with Gasteiger partial charge in [-0.3, -0.25) is 4.21 Å². The second kappa shape index (κ2) is 4.94. The Hall–Kier alpha value is -0.610. The Morgan fingerprint density at radius 1 is 1.33 bits per heavy atom. The standard InChI is InChI=1S/C11H19NO2S/c1-11(2,3)15(13)8-10-6-5-9(14-10)7-12-4/h5-6,12H,7-8H2,1-4H3. The molecule has 86 valence electrons. The van der Waals surface area contributed by atoms with Gasteiger partial charge in [0.1, 0.15) is 11.5 Å². The molecule has 1 heterocycles. The zero-order chi connectivity index (χ0) is 11.5. The van der Waals surface area contributed by atoms with Crippen molar-refractivity contribution in [2.75, 3.05) is 7.05 Å². The van der Waals surface area contributed by atoms with Crippen LogP contribution in [0.1, 0.15) is 32.3 Å². The molecule has 0 aliphatic rings. The summed E-state index contributed by atoms with van der Waals surface area (Å²) in [6.45, 7) is 6.63. The van der Waals surface area contributed by atoms with E-state index < -0.39 is 10.8 Å². The van der Waals surface area contributed by atoms with Gasteiger partial charge in [0.25, 0.3) is 0 Å². The highest BCUT2D eigenvalue weighted by atomic mass is 32.2. The first-order valence-corrected chi connectivity index (χ1v) is 6.36. The van der Waals surface area contributed by atoms with Gasteiger partial charge in [0.05, 0.1) is 12.3 Å². The van der Waals surface area contributed by atoms with Gasteiger partial charge in [-0.05, 0) is 40.0 Å². The Labute approximate surface area is 93.7 Å². The maximum absolute atomic E-state index is 11.8. The Kier molecular flexibility index (Phi) is 4.11. The first kappa shape index (κ1) is 12.5. The summed E-state index contributed by atoms with van der Waals surface area (Å²) >= 11 is 0. The lowest BCUT2D eigenvalue weighted by atomic mass is 10.3. The summed E-state index contributed by atoms with van der Waals surface area (Å²) in [7, 11) is 0.977. The van der Waals surface area contributed by atoms with Gasteiger partial charge in [0.15, 0.2) is 0 Å². The largest absolute Gasteiger partial charge is 0.464 e. The van der Waals surface area contributed by atoms with Gasteiger partial charge < -0.3 is 9.73 Å². The van der Waals surface area contributed by atoms with Crippen LogP contribution in [0.15, 0.2) is 16.5 Å². The molecule has 0 bridgehead atoms. The van der Waals surface area contributed by atoms with E-state index >= 15 is 0 Å². The van der Waals surface area contributed by atoms with Crippen molar-refractivity contribution in [3.05, 3.63) is 23.7 Å². The molecule has 0 saturated carbocycles. The van der Waals surface area contributed by atoms with Crippen LogP contribution in [0, 0.1) is 0 Å². The van der Waals surface area contributed by atoms with Crippen molar-refractivity contribution in [1.29, 1.82) is 0 Å². The highest BCUT2D eigenvalue weighted by Crippen LogP contribution is 2.17. The van der Waals surface area contributed by atoms with E-state index in [9.17, 15) is 4.21 Å². The van der Waals surface area contributed by atoms with Gasteiger partial charge in [0.2, 0.25) is 0 Å². The molecule has 0 radical (unpaired) electrons. The van der Waals surface area contributed by atoms with E-state index in [2.05, 4.69) is 5.32 Å². The molecular formula is C11H19NO2S. The lowest BCUT2D eigenvalue weighted by molar-refractivity contribution is 0.466. The molecule has 0 aliphatic carbocycles. The molecule has 3 nitrogen and oxygen atoms in total. The Balaban J connectivity index is 2.61. The van der Waals surface area contributed by atoms with Gasteiger partial charge in [-0.25, -0.2) is 0 Å². The zero-order valence-corrected chi connectivity index (χ0v) is 10.6. The average Bonchev–Trinajstić information content (AvgIpc) is 2.51. The summed E-state index contributed by atoms with van der Waals surface area (Å²) in [4.78, 5) is 0. The summed E-state index contributed by atoms with van der Waals surface area (Å²) < 4.78 is 17.2. The minimum Gasteiger partial charge on any atom is -0.464 e. The molecule has 15 heavy (non-hydrogen) atoms. The summed E-state index contributed by atoms with van der Waals surface area (Å²) in [6.07, 6.45) is 0. The lowest BCUT2D eigenvalue weighted by Crippen LogP contribution is -2.22. The van der Waals surface area contributed by atoms with Crippen LogP contribution in [0.4, 0.5) is 0 Å². The number of hydrogen-bond donors (Lipinski definition) is 1. The Bertz CT molecular complexity index is 339. The third-order valence-electron chi connectivity index (χ3n) is 2.02. The summed E-state index contributed by atoms with van der Waals surface area (Å²) in [5.74, 6) is 2.18. The predicted molar refractivity (Wildman–Crippen MR) is 63.1 cm³/mol. The van der Waals surface area contributed by atoms with Crippen molar-refractivity contribution in [3.8, 4) is 0 Å². The maximum Gasteiger partial charge on any atom is 0.117 e. The van der Waals surface area contributed by atoms with Crippen molar-refractivity contribution >= 4 is 10.8 Å². The fraction of sp³-hybridized carbons (Fsp3) is 0.636. The zero-order valence-electron chi connectivity index (χ0n) is 9.79. The first-order chi connectivity index (χ1) is 6.93. The lowest BCUT2D eigenvalue weighted by Gasteiger charge is -2.16. The quantitative estimate of drug-likeness (QED) is 0.859. The van der Waals surface area contributed by atoms with Crippen molar-refractivity contribution < 1.29 is 8.63 Å². The molecule has 0 spiro atoms. The highest BCUT2D eigenvalue weighted by molar-refractivity contribution is 7.85. The van der Waals surface area contributed by atoms with Gasteiger partial charge in [-0.15, -0.1) is 0 Å². The summed E-state index contributed by atoms with van der Waals surface area (Å²) in [5, 5.41) is 3.01. The van der Waals surface area contributed by atoms with E-state index in [1.165, 1.54) is 0 Å². The molecule has 0 aromatic carbocycles. The molecule has 0 amide bonds. The van der Waals surface area contributed by atoms with E-state index in [1.54, 1.807) is 0 Å². The second-order valence-electron chi connectivity index (χ2n) is 4.50. The molecule has 1 aromatic rings. The third kappa shape index (κ3) is 3.80. The smallest absolute Gasteiger partial charge is 0.117 e. The van der Waals surface area contributed by atoms with Crippen LogP contribution in [-0.4, -0.2) is 16.0 Å². The molecule has 0 aliphatic heterocycles. The molecule has 1 aromatic heterocycles. The normalized spacial score (nSPS) is 14.1. The maximum atomic E-state index is 11.8. The van der Waals surface area contributed by atoms with Crippen LogP contribution in [0.5, 0.6) is 0 Å². The van der Waals surface area contributed by atoms with Crippen molar-refractivity contribution in [2.24, 2.45) is 0 Å². The SMILES string of the molecule is CNCc1ccc(CS(=O)C(C)(C)C)o1. The van der Waals surface area contributed by atoms with E-state index in [0.717, 1.165) is 11.5 Å². The van der Waals surface area contributed by atoms with Crippen molar-refractivity contribution in [2.45, 2.75) is 37.8 Å². The first-order valence-electron chi connectivity index (χ1n) is 5.04. The van der Waals surface area contributed by atoms with Crippen LogP contribution < -0.4 is 5.32 Å². The molecule has 1 N–H and O–H groups in total. The van der Waals surface area contributed by atoms with Gasteiger partial charge in [-0.1, -0.05) is 0 Å². The molecule has 4 heteroatoms. The fourth-order valence-corrected chi connectivity index (χ4v) is 1.96. The number of furan rings is 1. The molecule has 1 unspecified atom stereocenters. The van der Waals surface area contributed by atoms with E-state index in [-0.39, 0.29) is 4.75 Å². The van der Waals surface area contributed by atoms with Crippen LogP contribution in [0.2, 0.25) is 0 Å². The van der Waals surface area contributed by atoms with Gasteiger partial charge >= 0.3 is 0 Å². The number of rotatable bonds is 4. The Morgan fingerprint density at radius 2 is 1.93 bits per heavy atom. The molecule has 1 rings (SSSR count). The van der Waals surface area contributed by atoms with Crippen LogP contribution in [-0.2, 0) is 23.1 Å². The Morgan fingerprint density at radius 3 is 2.47 bits per heavy atom. The minimum atomic E-state index is -0.893. The fourth-order valence-electron chi connectivity index (χ4n) is 1.11. The summed E-state index contributed by atoms with van der Waals surface area (Å²) in [6, 6.07) is 3.82. The molecule has 0 saturated heterocycles. The van der Waals surface area contributed by atoms with Crippen LogP contribution >= 0.6 is 0 Å². The summed E-state index contributed by atoms with van der Waals surface area (Å²) in [5.41, 5.74) is 0. The van der Waals surface area contributed by atoms with E-state index in [0.29, 0.717) is 12.3 Å². The number of nitrogens with one attached hydrogen (secondary N) is 1. The van der Waals surface area contributed by atoms with E-state index in [1.807, 2.05) is 40.0 Å². The van der Waals surface area contributed by atoms with Crippen molar-refractivity contribution in [1.82, 2.24) is 5.32 Å². The monoisotopic (exact) mass is 229 g/mol. The predicted octanol–water partition coefficient (Wildman–Crippen LogP) is 2.05. The van der Waals surface area contributed by atoms with E-state index in [4.69, 9.17) is 4.42 Å². The minimum absolute atomic E-state index is 0.185. The second-order valence-corrected chi connectivity index (χ2v) is 6.71. The van der Waals surface area contributed by atoms with Crippen LogP contribution in [0.25, 0.3) is 0 Å². The van der Waals surface area contributed by atoms with Gasteiger partial charge in [0, 0.05) is 15.5 Å². The highest BCUT2D eigenvalue weighted by Gasteiger charge is 2.20. The third-order valence-corrected chi connectivity index (χ3v) is 3.94. The molecular weight excluding hydrogens is 210 g/mol. The van der Waals surface area contributed by atoms with Crippen molar-refractivity contribution in [3.63, 3.8) is 0 Å². The van der Waals surface area contributed by atoms with Gasteiger partial charge in [-0.2, -0.15) is 0 Å². The average molecular weight is 229 g/mol. The molecule has 0 fully saturated rings. The van der Waals surface area contributed by atoms with Crippen LogP contribution in [0.3, 0.4) is 0 Å². The topological polar surface area (TPSA) is 42.2 Å². The molecule has 1 atom stereocenters. The number of hydrogen-bond acceptors (Lipinski definition) is 3.